The van der Waals surface area contributed by atoms with Gasteiger partial charge < -0.3 is 5.11 Å². The van der Waals surface area contributed by atoms with E-state index in [4.69, 9.17) is 16.7 Å². The highest BCUT2D eigenvalue weighted by Gasteiger charge is 2.31. The van der Waals surface area contributed by atoms with Crippen molar-refractivity contribution in [2.24, 2.45) is 10.2 Å². The van der Waals surface area contributed by atoms with E-state index in [9.17, 15) is 14.4 Å². The Balaban J connectivity index is 2.17. The van der Waals surface area contributed by atoms with Gasteiger partial charge in [0.15, 0.2) is 5.71 Å². The van der Waals surface area contributed by atoms with Gasteiger partial charge in [0.1, 0.15) is 5.71 Å². The fourth-order valence-corrected chi connectivity index (χ4v) is 1.61. The second-order valence-electron chi connectivity index (χ2n) is 3.73. The van der Waals surface area contributed by atoms with E-state index in [0.29, 0.717) is 5.02 Å². The predicted molar refractivity (Wildman–Crippen MR) is 67.9 cm³/mol. The highest BCUT2D eigenvalue weighted by Crippen LogP contribution is 2.13. The van der Waals surface area contributed by atoms with E-state index in [0.717, 1.165) is 0 Å². The molecule has 0 fully saturated rings. The molecule has 1 aromatic carbocycles. The number of carbonyl (C=O) groups is 3. The fourth-order valence-electron chi connectivity index (χ4n) is 1.48. The smallest absolute Gasteiger partial charge is 0.309 e. The Morgan fingerprint density at radius 2 is 1.79 bits per heavy atom. The van der Waals surface area contributed by atoms with Crippen molar-refractivity contribution in [1.82, 2.24) is 0 Å². The molecule has 0 aromatic heterocycles. The second-order valence-corrected chi connectivity index (χ2v) is 4.17. The average molecular weight is 279 g/mol. The van der Waals surface area contributed by atoms with Gasteiger partial charge in [0.05, 0.1) is 6.42 Å². The molecule has 0 bridgehead atoms. The van der Waals surface area contributed by atoms with Crippen LogP contribution in [-0.4, -0.2) is 34.1 Å². The van der Waals surface area contributed by atoms with E-state index >= 15 is 0 Å². The molecule has 0 saturated heterocycles. The van der Waals surface area contributed by atoms with Crippen LogP contribution < -0.4 is 0 Å². The number of halogens is 1. The molecule has 0 aliphatic carbocycles. The Kier molecular flexibility index (Phi) is 3.52. The van der Waals surface area contributed by atoms with E-state index < -0.39 is 24.0 Å². The Morgan fingerprint density at radius 1 is 1.16 bits per heavy atom. The summed E-state index contributed by atoms with van der Waals surface area (Å²) in [5.74, 6) is -2.56. The minimum Gasteiger partial charge on any atom is -0.481 e. The lowest BCUT2D eigenvalue weighted by atomic mass is 10.0. The van der Waals surface area contributed by atoms with E-state index in [-0.39, 0.29) is 17.0 Å². The van der Waals surface area contributed by atoms with Gasteiger partial charge in [-0.25, -0.2) is 0 Å². The molecule has 19 heavy (non-hydrogen) atoms. The molecule has 1 N–H and O–H groups in total. The summed E-state index contributed by atoms with van der Waals surface area (Å²) in [5.41, 5.74) is -0.383. The first-order chi connectivity index (χ1) is 8.99. The summed E-state index contributed by atoms with van der Waals surface area (Å²) in [5, 5.41) is 15.9. The highest BCUT2D eigenvalue weighted by atomic mass is 35.5. The van der Waals surface area contributed by atoms with Crippen LogP contribution in [0.4, 0.5) is 0 Å². The van der Waals surface area contributed by atoms with Gasteiger partial charge in [0, 0.05) is 10.6 Å². The molecule has 1 aliphatic heterocycles. The van der Waals surface area contributed by atoms with Crippen molar-refractivity contribution >= 4 is 40.6 Å². The standard InChI is InChI=1S/C12H7ClN2O4/c13-7-3-1-6(2-4-7)11(18)10-12(19)8(14-15-10)5-9(16)17/h1-4H,5H2,(H,16,17). The molecule has 0 spiro atoms. The molecule has 7 heteroatoms. The molecule has 0 unspecified atom stereocenters. The molecule has 1 aliphatic rings. The van der Waals surface area contributed by atoms with Gasteiger partial charge in [-0.1, -0.05) is 11.6 Å². The number of benzene rings is 1. The first-order valence-electron chi connectivity index (χ1n) is 5.20. The van der Waals surface area contributed by atoms with Crippen LogP contribution in [0.2, 0.25) is 5.02 Å². The Bertz CT molecular complexity index is 632. The molecule has 96 valence electrons. The number of nitrogens with zero attached hydrogens (tertiary/aromatic N) is 2. The summed E-state index contributed by atoms with van der Waals surface area (Å²) in [4.78, 5) is 34.2. The Labute approximate surface area is 112 Å². The van der Waals surface area contributed by atoms with Gasteiger partial charge in [-0.15, -0.1) is 10.2 Å². The molecule has 0 amide bonds. The summed E-state index contributed by atoms with van der Waals surface area (Å²) in [6, 6.07) is 5.92. The number of carbonyl (C=O) groups excluding carboxylic acids is 2. The van der Waals surface area contributed by atoms with Gasteiger partial charge in [-0.3, -0.25) is 14.4 Å². The van der Waals surface area contributed by atoms with Crippen LogP contribution in [0.1, 0.15) is 16.8 Å². The SMILES string of the molecule is O=C(O)CC1=NN=C(C(=O)c2ccc(Cl)cc2)C1=O. The lowest BCUT2D eigenvalue weighted by Crippen LogP contribution is -2.28. The van der Waals surface area contributed by atoms with Crippen LogP contribution in [0.15, 0.2) is 34.5 Å². The van der Waals surface area contributed by atoms with Crippen LogP contribution in [-0.2, 0) is 9.59 Å². The third-order valence-electron chi connectivity index (χ3n) is 2.39. The number of hydrogen-bond acceptors (Lipinski definition) is 5. The number of Topliss-reactive ketones (excluding diaryl/α,β-unsaturated/α-hetero) is 2. The quantitative estimate of drug-likeness (QED) is 0.841. The van der Waals surface area contributed by atoms with E-state index in [1.54, 1.807) is 0 Å². The van der Waals surface area contributed by atoms with Crippen LogP contribution in [0.3, 0.4) is 0 Å². The van der Waals surface area contributed by atoms with Crippen molar-refractivity contribution < 1.29 is 19.5 Å². The zero-order chi connectivity index (χ0) is 14.0. The monoisotopic (exact) mass is 278 g/mol. The summed E-state index contributed by atoms with van der Waals surface area (Å²) in [7, 11) is 0. The Morgan fingerprint density at radius 3 is 2.37 bits per heavy atom. The molecule has 0 atom stereocenters. The fraction of sp³-hybridized carbons (Fsp3) is 0.0833. The van der Waals surface area contributed by atoms with Crippen LogP contribution in [0.25, 0.3) is 0 Å². The molecular formula is C12H7ClN2O4. The van der Waals surface area contributed by atoms with E-state index in [1.807, 2.05) is 0 Å². The maximum atomic E-state index is 12.0. The van der Waals surface area contributed by atoms with E-state index in [1.165, 1.54) is 24.3 Å². The normalized spacial score (nSPS) is 14.1. The van der Waals surface area contributed by atoms with Crippen molar-refractivity contribution in [1.29, 1.82) is 0 Å². The van der Waals surface area contributed by atoms with Crippen molar-refractivity contribution in [2.75, 3.05) is 0 Å². The predicted octanol–water partition coefficient (Wildman–Crippen LogP) is 1.38. The number of ketones is 2. The molecular weight excluding hydrogens is 272 g/mol. The molecule has 0 saturated carbocycles. The summed E-state index contributed by atoms with van der Waals surface area (Å²) >= 11 is 5.69. The maximum absolute atomic E-state index is 12.0. The van der Waals surface area contributed by atoms with Crippen molar-refractivity contribution in [3.63, 3.8) is 0 Å². The Hall–Kier alpha value is -2.34. The average Bonchev–Trinajstić information content (AvgIpc) is 2.70. The molecule has 6 nitrogen and oxygen atoms in total. The van der Waals surface area contributed by atoms with Gasteiger partial charge in [0.2, 0.25) is 11.6 Å². The molecule has 0 radical (unpaired) electrons. The van der Waals surface area contributed by atoms with Gasteiger partial charge in [-0.05, 0) is 24.3 Å². The van der Waals surface area contributed by atoms with Crippen molar-refractivity contribution in [2.45, 2.75) is 6.42 Å². The highest BCUT2D eigenvalue weighted by molar-refractivity contribution is 6.83. The third-order valence-corrected chi connectivity index (χ3v) is 2.64. The number of aliphatic carboxylic acids is 1. The minimum absolute atomic E-state index is 0.239. The zero-order valence-corrected chi connectivity index (χ0v) is 10.2. The van der Waals surface area contributed by atoms with E-state index in [2.05, 4.69) is 10.2 Å². The number of carboxylic acids is 1. The lowest BCUT2D eigenvalue weighted by molar-refractivity contribution is -0.135. The summed E-state index contributed by atoms with van der Waals surface area (Å²) in [6.45, 7) is 0. The van der Waals surface area contributed by atoms with Crippen molar-refractivity contribution in [3.8, 4) is 0 Å². The van der Waals surface area contributed by atoms with Crippen LogP contribution in [0.5, 0.6) is 0 Å². The minimum atomic E-state index is -1.21. The first-order valence-corrected chi connectivity index (χ1v) is 5.58. The second kappa shape index (κ2) is 5.11. The topological polar surface area (TPSA) is 96.2 Å². The third kappa shape index (κ3) is 2.74. The number of carboxylic acid groups (broad SMARTS) is 1. The number of hydrogen-bond donors (Lipinski definition) is 1. The number of rotatable bonds is 4. The van der Waals surface area contributed by atoms with Crippen molar-refractivity contribution in [3.05, 3.63) is 34.9 Å². The van der Waals surface area contributed by atoms with Crippen LogP contribution >= 0.6 is 11.6 Å². The zero-order valence-electron chi connectivity index (χ0n) is 9.46. The maximum Gasteiger partial charge on any atom is 0.309 e. The largest absolute Gasteiger partial charge is 0.481 e. The molecule has 1 aromatic rings. The van der Waals surface area contributed by atoms with Gasteiger partial charge in [0.25, 0.3) is 0 Å². The van der Waals surface area contributed by atoms with Crippen LogP contribution in [0, 0.1) is 0 Å². The molecule has 2 rings (SSSR count). The summed E-state index contributed by atoms with van der Waals surface area (Å²) in [6.07, 6.45) is -0.556. The van der Waals surface area contributed by atoms with Gasteiger partial charge in [-0.2, -0.15) is 0 Å². The first kappa shape index (κ1) is 13.1. The molecule has 1 heterocycles. The van der Waals surface area contributed by atoms with Gasteiger partial charge >= 0.3 is 5.97 Å². The summed E-state index contributed by atoms with van der Waals surface area (Å²) < 4.78 is 0. The lowest BCUT2D eigenvalue weighted by Gasteiger charge is -1.99.